The molecule has 0 radical (unpaired) electrons. The first kappa shape index (κ1) is 22.9. The summed E-state index contributed by atoms with van der Waals surface area (Å²) in [7, 11) is -3.41. The normalized spacial score (nSPS) is 12.5. The van der Waals surface area contributed by atoms with Gasteiger partial charge in [-0.1, -0.05) is 24.3 Å². The number of benzene rings is 2. The zero-order chi connectivity index (χ0) is 21.8. The van der Waals surface area contributed by atoms with E-state index in [0.717, 1.165) is 16.7 Å². The molecular formula is C23H32N2O3S. The van der Waals surface area contributed by atoms with Crippen LogP contribution in [0.4, 0.5) is 5.69 Å². The average molecular weight is 417 g/mol. The molecule has 5 nitrogen and oxygen atoms in total. The van der Waals surface area contributed by atoms with E-state index in [1.807, 2.05) is 32.0 Å². The fraction of sp³-hybridized carbons (Fsp3) is 0.435. The largest absolute Gasteiger partial charge is 0.350 e. The molecule has 0 aliphatic carbocycles. The second kappa shape index (κ2) is 9.44. The third-order valence-corrected chi connectivity index (χ3v) is 6.38. The molecule has 1 atom stereocenters. The maximum absolute atomic E-state index is 12.4. The predicted molar refractivity (Wildman–Crippen MR) is 120 cm³/mol. The molecule has 0 unspecified atom stereocenters. The van der Waals surface area contributed by atoms with Gasteiger partial charge in [0.15, 0.2) is 0 Å². The molecular weight excluding hydrogens is 384 g/mol. The van der Waals surface area contributed by atoms with Crippen molar-refractivity contribution in [2.45, 2.75) is 53.5 Å². The molecule has 0 heterocycles. The van der Waals surface area contributed by atoms with Gasteiger partial charge in [-0.25, -0.2) is 8.42 Å². The summed E-state index contributed by atoms with van der Waals surface area (Å²) < 4.78 is 25.8. The highest BCUT2D eigenvalue weighted by atomic mass is 32.2. The number of nitrogens with one attached hydrogen (secondary N) is 1. The third kappa shape index (κ3) is 6.32. The highest BCUT2D eigenvalue weighted by molar-refractivity contribution is 7.92. The van der Waals surface area contributed by atoms with Gasteiger partial charge < -0.3 is 5.32 Å². The molecule has 0 spiro atoms. The van der Waals surface area contributed by atoms with Crippen molar-refractivity contribution in [2.24, 2.45) is 0 Å². The number of rotatable bonds is 8. The molecule has 0 bridgehead atoms. The van der Waals surface area contributed by atoms with Crippen LogP contribution >= 0.6 is 0 Å². The lowest BCUT2D eigenvalue weighted by Gasteiger charge is -2.23. The van der Waals surface area contributed by atoms with Gasteiger partial charge in [0.1, 0.15) is 0 Å². The second-order valence-electron chi connectivity index (χ2n) is 7.86. The van der Waals surface area contributed by atoms with Gasteiger partial charge in [0.2, 0.25) is 15.9 Å². The van der Waals surface area contributed by atoms with Crippen molar-refractivity contribution in [1.29, 1.82) is 0 Å². The molecule has 1 amide bonds. The minimum Gasteiger partial charge on any atom is -0.350 e. The smallest absolute Gasteiger partial charge is 0.232 e. The van der Waals surface area contributed by atoms with Crippen LogP contribution in [0.15, 0.2) is 36.4 Å². The molecule has 0 saturated heterocycles. The lowest BCUT2D eigenvalue weighted by atomic mass is 9.96. The number of carbonyl (C=O) groups excluding carboxylic acids is 1. The Hall–Kier alpha value is -2.34. The van der Waals surface area contributed by atoms with Crippen LogP contribution in [0.1, 0.15) is 53.6 Å². The van der Waals surface area contributed by atoms with Crippen LogP contribution in [-0.2, 0) is 14.8 Å². The van der Waals surface area contributed by atoms with E-state index >= 15 is 0 Å². The Labute approximate surface area is 175 Å². The SMILES string of the molecule is Cc1cccc(N(CCCC(=O)N[C@H](C)c2cc(C)c(C)cc2C)S(C)(=O)=O)c1. The van der Waals surface area contributed by atoms with Gasteiger partial charge in [0.05, 0.1) is 18.0 Å². The first-order chi connectivity index (χ1) is 13.5. The van der Waals surface area contributed by atoms with Gasteiger partial charge in [-0.3, -0.25) is 9.10 Å². The number of sulfonamides is 1. The molecule has 158 valence electrons. The molecule has 2 aromatic rings. The van der Waals surface area contributed by atoms with E-state index in [2.05, 4.69) is 38.2 Å². The van der Waals surface area contributed by atoms with E-state index in [0.29, 0.717) is 12.1 Å². The van der Waals surface area contributed by atoms with E-state index in [1.54, 1.807) is 6.07 Å². The zero-order valence-corrected chi connectivity index (χ0v) is 19.1. The van der Waals surface area contributed by atoms with Gasteiger partial charge >= 0.3 is 0 Å². The van der Waals surface area contributed by atoms with E-state index in [1.165, 1.54) is 21.7 Å². The standard InChI is InChI=1S/C23H32N2O3S/c1-16-9-7-10-21(13-16)25(29(6,27)28)12-8-11-23(26)24-20(5)22-15-18(3)17(2)14-19(22)4/h7,9-10,13-15,20H,8,11-12H2,1-6H3,(H,24,26)/t20-/m1/s1. The molecule has 0 aromatic heterocycles. The Kier molecular flexibility index (Phi) is 7.47. The summed E-state index contributed by atoms with van der Waals surface area (Å²) in [6.45, 7) is 10.4. The lowest BCUT2D eigenvalue weighted by Crippen LogP contribution is -2.32. The van der Waals surface area contributed by atoms with Gasteiger partial charge in [-0.05, 0) is 81.0 Å². The number of anilines is 1. The lowest BCUT2D eigenvalue weighted by molar-refractivity contribution is -0.121. The number of amides is 1. The predicted octanol–water partition coefficient (Wildman–Crippen LogP) is 4.34. The molecule has 29 heavy (non-hydrogen) atoms. The molecule has 0 aliphatic rings. The topological polar surface area (TPSA) is 66.5 Å². The van der Waals surface area contributed by atoms with E-state index in [9.17, 15) is 13.2 Å². The molecule has 0 aliphatic heterocycles. The fourth-order valence-electron chi connectivity index (χ4n) is 3.49. The van der Waals surface area contributed by atoms with Crippen LogP contribution in [0.2, 0.25) is 0 Å². The summed E-state index contributed by atoms with van der Waals surface area (Å²) in [5.74, 6) is -0.0761. The zero-order valence-electron chi connectivity index (χ0n) is 18.2. The van der Waals surface area contributed by atoms with Crippen LogP contribution in [0.25, 0.3) is 0 Å². The summed E-state index contributed by atoms with van der Waals surface area (Å²) in [4.78, 5) is 12.4. The Morgan fingerprint density at radius 1 is 1.03 bits per heavy atom. The van der Waals surface area contributed by atoms with Gasteiger partial charge in [-0.15, -0.1) is 0 Å². The van der Waals surface area contributed by atoms with Crippen molar-refractivity contribution in [2.75, 3.05) is 17.1 Å². The number of nitrogens with zero attached hydrogens (tertiary/aromatic N) is 1. The summed E-state index contributed by atoms with van der Waals surface area (Å²) in [6.07, 6.45) is 1.91. The quantitative estimate of drug-likeness (QED) is 0.696. The van der Waals surface area contributed by atoms with E-state index < -0.39 is 10.0 Å². The van der Waals surface area contributed by atoms with E-state index in [4.69, 9.17) is 0 Å². The molecule has 2 aromatic carbocycles. The van der Waals surface area contributed by atoms with E-state index in [-0.39, 0.29) is 24.9 Å². The summed E-state index contributed by atoms with van der Waals surface area (Å²) >= 11 is 0. The maximum Gasteiger partial charge on any atom is 0.232 e. The van der Waals surface area contributed by atoms with Crippen molar-refractivity contribution < 1.29 is 13.2 Å². The van der Waals surface area contributed by atoms with Crippen molar-refractivity contribution in [3.8, 4) is 0 Å². The number of hydrogen-bond donors (Lipinski definition) is 1. The van der Waals surface area contributed by atoms with Crippen molar-refractivity contribution in [3.05, 3.63) is 64.2 Å². The van der Waals surface area contributed by atoms with Gasteiger partial charge in [0, 0.05) is 13.0 Å². The highest BCUT2D eigenvalue weighted by Gasteiger charge is 2.18. The first-order valence-electron chi connectivity index (χ1n) is 9.90. The molecule has 0 saturated carbocycles. The first-order valence-corrected chi connectivity index (χ1v) is 11.8. The Morgan fingerprint density at radius 3 is 2.31 bits per heavy atom. The highest BCUT2D eigenvalue weighted by Crippen LogP contribution is 2.22. The molecule has 2 rings (SSSR count). The summed E-state index contributed by atoms with van der Waals surface area (Å²) in [5.41, 5.74) is 6.33. The number of hydrogen-bond acceptors (Lipinski definition) is 3. The summed E-state index contributed by atoms with van der Waals surface area (Å²) in [5, 5.41) is 3.04. The minimum absolute atomic E-state index is 0.0761. The third-order valence-electron chi connectivity index (χ3n) is 5.18. The second-order valence-corrected chi connectivity index (χ2v) is 9.77. The van der Waals surface area contributed by atoms with Crippen molar-refractivity contribution >= 4 is 21.6 Å². The van der Waals surface area contributed by atoms with Gasteiger partial charge in [-0.2, -0.15) is 0 Å². The van der Waals surface area contributed by atoms with Crippen LogP contribution in [0.5, 0.6) is 0 Å². The Bertz CT molecular complexity index is 984. The fourth-order valence-corrected chi connectivity index (χ4v) is 4.45. The van der Waals surface area contributed by atoms with Gasteiger partial charge in [0.25, 0.3) is 0 Å². The maximum atomic E-state index is 12.4. The Balaban J connectivity index is 1.98. The van der Waals surface area contributed by atoms with Crippen LogP contribution in [-0.4, -0.2) is 27.1 Å². The van der Waals surface area contributed by atoms with Crippen LogP contribution in [0.3, 0.4) is 0 Å². The number of carbonyl (C=O) groups is 1. The molecule has 1 N–H and O–H groups in total. The van der Waals surface area contributed by atoms with Crippen molar-refractivity contribution in [3.63, 3.8) is 0 Å². The van der Waals surface area contributed by atoms with Crippen molar-refractivity contribution in [1.82, 2.24) is 5.32 Å². The monoisotopic (exact) mass is 416 g/mol. The minimum atomic E-state index is -3.41. The van der Waals surface area contributed by atoms with Crippen LogP contribution < -0.4 is 9.62 Å². The molecule has 6 heteroatoms. The number of aryl methyl sites for hydroxylation is 4. The summed E-state index contributed by atoms with van der Waals surface area (Å²) in [6, 6.07) is 11.5. The molecule has 0 fully saturated rings. The average Bonchev–Trinajstić information content (AvgIpc) is 2.60. The Morgan fingerprint density at radius 2 is 1.69 bits per heavy atom. The van der Waals surface area contributed by atoms with Crippen LogP contribution in [0, 0.1) is 27.7 Å².